The highest BCUT2D eigenvalue weighted by Gasteiger charge is 2.34. The zero-order valence-electron chi connectivity index (χ0n) is 11.4. The van der Waals surface area contributed by atoms with Gasteiger partial charge in [0.2, 0.25) is 0 Å². The summed E-state index contributed by atoms with van der Waals surface area (Å²) in [7, 11) is 0. The molecule has 1 aliphatic heterocycles. The minimum atomic E-state index is -0.423. The molecule has 1 heterocycles. The lowest BCUT2D eigenvalue weighted by atomic mass is 9.84. The minimum absolute atomic E-state index is 0.230. The Morgan fingerprint density at radius 1 is 1.37 bits per heavy atom. The molecule has 0 amide bonds. The summed E-state index contributed by atoms with van der Waals surface area (Å²) in [5.74, 6) is 0.154. The van der Waals surface area contributed by atoms with Gasteiger partial charge in [0.25, 0.3) is 0 Å². The third-order valence-corrected chi connectivity index (χ3v) is 4.43. The highest BCUT2D eigenvalue weighted by atomic mass is 127. The van der Waals surface area contributed by atoms with E-state index in [2.05, 4.69) is 27.9 Å². The van der Waals surface area contributed by atoms with Crippen molar-refractivity contribution < 1.29 is 9.53 Å². The van der Waals surface area contributed by atoms with Crippen molar-refractivity contribution in [2.45, 2.75) is 32.3 Å². The normalized spacial score (nSPS) is 20.1. The van der Waals surface area contributed by atoms with Crippen molar-refractivity contribution in [1.82, 2.24) is 5.32 Å². The van der Waals surface area contributed by atoms with Gasteiger partial charge >= 0.3 is 5.97 Å². The number of halogens is 1. The van der Waals surface area contributed by atoms with Crippen LogP contribution < -0.4 is 5.32 Å². The fraction of sp³-hybridized carbons (Fsp3) is 0.533. The maximum Gasteiger partial charge on any atom is 0.338 e. The van der Waals surface area contributed by atoms with Gasteiger partial charge in [-0.2, -0.15) is 0 Å². The number of piperidine rings is 1. The standard InChI is InChI=1S/C15H20INO2/c1-15(2,12-4-3-9-17-10-12)19-14(18)11-5-7-13(16)8-6-11/h5-8,12,17H,3-4,9-10H2,1-2H3. The molecule has 0 bridgehead atoms. The molecule has 104 valence electrons. The molecule has 19 heavy (non-hydrogen) atoms. The van der Waals surface area contributed by atoms with Gasteiger partial charge in [-0.15, -0.1) is 0 Å². The summed E-state index contributed by atoms with van der Waals surface area (Å²) < 4.78 is 6.84. The van der Waals surface area contributed by atoms with E-state index in [0.29, 0.717) is 11.5 Å². The van der Waals surface area contributed by atoms with Crippen molar-refractivity contribution in [2.75, 3.05) is 13.1 Å². The quantitative estimate of drug-likeness (QED) is 0.653. The van der Waals surface area contributed by atoms with Gasteiger partial charge in [0, 0.05) is 16.0 Å². The summed E-state index contributed by atoms with van der Waals surface area (Å²) in [5.41, 5.74) is 0.199. The van der Waals surface area contributed by atoms with Crippen molar-refractivity contribution in [1.29, 1.82) is 0 Å². The summed E-state index contributed by atoms with van der Waals surface area (Å²) in [6.07, 6.45) is 2.26. The average Bonchev–Trinajstić information content (AvgIpc) is 2.40. The maximum atomic E-state index is 12.2. The zero-order chi connectivity index (χ0) is 13.9. The highest BCUT2D eigenvalue weighted by molar-refractivity contribution is 14.1. The molecule has 1 aromatic carbocycles. The van der Waals surface area contributed by atoms with Gasteiger partial charge in [0.05, 0.1) is 5.56 Å². The van der Waals surface area contributed by atoms with Crippen LogP contribution in [0.1, 0.15) is 37.0 Å². The SMILES string of the molecule is CC(C)(OC(=O)c1ccc(I)cc1)C1CCCNC1. The van der Waals surface area contributed by atoms with Crippen LogP contribution in [0.15, 0.2) is 24.3 Å². The second-order valence-electron chi connectivity index (χ2n) is 5.54. The van der Waals surface area contributed by atoms with Gasteiger partial charge in [-0.25, -0.2) is 4.79 Å². The second-order valence-corrected chi connectivity index (χ2v) is 6.79. The predicted octanol–water partition coefficient (Wildman–Crippen LogP) is 3.23. The molecule has 1 aromatic rings. The highest BCUT2D eigenvalue weighted by Crippen LogP contribution is 2.28. The Morgan fingerprint density at radius 3 is 2.63 bits per heavy atom. The molecule has 0 saturated carbocycles. The lowest BCUT2D eigenvalue weighted by molar-refractivity contribution is -0.0350. The van der Waals surface area contributed by atoms with Gasteiger partial charge in [-0.05, 0) is 80.1 Å². The van der Waals surface area contributed by atoms with E-state index in [1.807, 2.05) is 38.1 Å². The van der Waals surface area contributed by atoms with Crippen molar-refractivity contribution in [3.63, 3.8) is 0 Å². The van der Waals surface area contributed by atoms with Crippen LogP contribution in [0.25, 0.3) is 0 Å². The largest absolute Gasteiger partial charge is 0.456 e. The Labute approximate surface area is 128 Å². The fourth-order valence-corrected chi connectivity index (χ4v) is 2.77. The molecule has 1 N–H and O–H groups in total. The molecule has 3 nitrogen and oxygen atoms in total. The molecule has 0 aromatic heterocycles. The number of carbonyl (C=O) groups is 1. The molecule has 1 unspecified atom stereocenters. The summed E-state index contributed by atoms with van der Waals surface area (Å²) in [6.45, 7) is 6.01. The van der Waals surface area contributed by atoms with Gasteiger partial charge in [0.15, 0.2) is 0 Å². The molecule has 4 heteroatoms. The number of esters is 1. The molecular weight excluding hydrogens is 353 g/mol. The van der Waals surface area contributed by atoms with E-state index in [1.165, 1.54) is 0 Å². The third kappa shape index (κ3) is 3.92. The minimum Gasteiger partial charge on any atom is -0.456 e. The number of rotatable bonds is 3. The zero-order valence-corrected chi connectivity index (χ0v) is 13.6. The number of hydrogen-bond acceptors (Lipinski definition) is 3. The summed E-state index contributed by atoms with van der Waals surface area (Å²) in [5, 5.41) is 3.37. The van der Waals surface area contributed by atoms with Crippen LogP contribution in [-0.4, -0.2) is 24.7 Å². The van der Waals surface area contributed by atoms with Crippen LogP contribution in [0, 0.1) is 9.49 Å². The fourth-order valence-electron chi connectivity index (χ4n) is 2.41. The maximum absolute atomic E-state index is 12.2. The van der Waals surface area contributed by atoms with E-state index in [-0.39, 0.29) is 5.97 Å². The third-order valence-electron chi connectivity index (χ3n) is 3.72. The summed E-state index contributed by atoms with van der Waals surface area (Å²) >= 11 is 2.22. The molecule has 1 aliphatic rings. The smallest absolute Gasteiger partial charge is 0.338 e. The first-order valence-corrected chi connectivity index (χ1v) is 7.76. The van der Waals surface area contributed by atoms with Crippen molar-refractivity contribution >= 4 is 28.6 Å². The number of nitrogens with one attached hydrogen (secondary N) is 1. The molecule has 1 atom stereocenters. The van der Waals surface area contributed by atoms with Crippen LogP contribution in [0.2, 0.25) is 0 Å². The van der Waals surface area contributed by atoms with Crippen molar-refractivity contribution in [2.24, 2.45) is 5.92 Å². The van der Waals surface area contributed by atoms with Gasteiger partial charge in [-0.1, -0.05) is 0 Å². The van der Waals surface area contributed by atoms with Crippen LogP contribution in [0.4, 0.5) is 0 Å². The molecule has 0 aliphatic carbocycles. The Balaban J connectivity index is 2.02. The Hall–Kier alpha value is -0.620. The summed E-state index contributed by atoms with van der Waals surface area (Å²) in [6, 6.07) is 7.48. The number of benzene rings is 1. The van der Waals surface area contributed by atoms with Gasteiger partial charge in [0.1, 0.15) is 5.60 Å². The second kappa shape index (κ2) is 6.22. The van der Waals surface area contributed by atoms with E-state index >= 15 is 0 Å². The lowest BCUT2D eigenvalue weighted by Crippen LogP contribution is -2.45. The molecule has 1 saturated heterocycles. The lowest BCUT2D eigenvalue weighted by Gasteiger charge is -2.36. The molecule has 2 rings (SSSR count). The summed E-state index contributed by atoms with van der Waals surface area (Å²) in [4.78, 5) is 12.2. The van der Waals surface area contributed by atoms with Gasteiger partial charge < -0.3 is 10.1 Å². The van der Waals surface area contributed by atoms with E-state index in [1.54, 1.807) is 0 Å². The first-order valence-electron chi connectivity index (χ1n) is 6.69. The van der Waals surface area contributed by atoms with Crippen molar-refractivity contribution in [3.05, 3.63) is 33.4 Å². The van der Waals surface area contributed by atoms with E-state index in [0.717, 1.165) is 29.5 Å². The van der Waals surface area contributed by atoms with E-state index in [9.17, 15) is 4.79 Å². The predicted molar refractivity (Wildman–Crippen MR) is 84.2 cm³/mol. The first kappa shape index (κ1) is 14.8. The topological polar surface area (TPSA) is 38.3 Å². The van der Waals surface area contributed by atoms with Gasteiger partial charge in [-0.3, -0.25) is 0 Å². The first-order chi connectivity index (χ1) is 8.99. The van der Waals surface area contributed by atoms with Crippen LogP contribution in [-0.2, 0) is 4.74 Å². The van der Waals surface area contributed by atoms with Crippen LogP contribution >= 0.6 is 22.6 Å². The molecule has 0 radical (unpaired) electrons. The number of hydrogen-bond donors (Lipinski definition) is 1. The Bertz CT molecular complexity index is 436. The van der Waals surface area contributed by atoms with E-state index < -0.39 is 5.60 Å². The Morgan fingerprint density at radius 2 is 2.05 bits per heavy atom. The number of carbonyl (C=O) groups excluding carboxylic acids is 1. The Kier molecular flexibility index (Phi) is 4.84. The molecule has 0 spiro atoms. The molecule has 1 fully saturated rings. The number of ether oxygens (including phenoxy) is 1. The van der Waals surface area contributed by atoms with E-state index in [4.69, 9.17) is 4.74 Å². The van der Waals surface area contributed by atoms with Crippen LogP contribution in [0.3, 0.4) is 0 Å². The monoisotopic (exact) mass is 373 g/mol. The van der Waals surface area contributed by atoms with Crippen molar-refractivity contribution in [3.8, 4) is 0 Å². The molecular formula is C15H20INO2. The van der Waals surface area contributed by atoms with Crippen LogP contribution in [0.5, 0.6) is 0 Å². The average molecular weight is 373 g/mol.